The summed E-state index contributed by atoms with van der Waals surface area (Å²) in [5, 5.41) is 11.9. The minimum Gasteiger partial charge on any atom is -0.480 e. The first-order chi connectivity index (χ1) is 9.02. The lowest BCUT2D eigenvalue weighted by atomic mass is 10.1. The van der Waals surface area contributed by atoms with Gasteiger partial charge >= 0.3 is 5.97 Å². The molecule has 2 N–H and O–H groups in total. The summed E-state index contributed by atoms with van der Waals surface area (Å²) >= 11 is 0. The SMILES string of the molecule is CCc1ccc2occ(C(=O)N[C@H](C)C(=O)O)c2c1. The van der Waals surface area contributed by atoms with Crippen LogP contribution in [0.2, 0.25) is 0 Å². The number of carbonyl (C=O) groups is 2. The van der Waals surface area contributed by atoms with Gasteiger partial charge in [-0.05, 0) is 31.0 Å². The molecule has 5 nitrogen and oxygen atoms in total. The van der Waals surface area contributed by atoms with Gasteiger partial charge in [0.25, 0.3) is 5.91 Å². The van der Waals surface area contributed by atoms with E-state index in [9.17, 15) is 9.59 Å². The fourth-order valence-electron chi connectivity index (χ4n) is 1.81. The van der Waals surface area contributed by atoms with Crippen LogP contribution in [-0.2, 0) is 11.2 Å². The van der Waals surface area contributed by atoms with Gasteiger partial charge < -0.3 is 14.8 Å². The molecule has 0 saturated carbocycles. The van der Waals surface area contributed by atoms with E-state index in [4.69, 9.17) is 9.52 Å². The van der Waals surface area contributed by atoms with Crippen LogP contribution in [0.1, 0.15) is 29.8 Å². The Kier molecular flexibility index (Phi) is 3.55. The fraction of sp³-hybridized carbons (Fsp3) is 0.286. The van der Waals surface area contributed by atoms with Crippen LogP contribution in [-0.4, -0.2) is 23.0 Å². The van der Waals surface area contributed by atoms with Crippen LogP contribution >= 0.6 is 0 Å². The number of aliphatic carboxylic acids is 1. The largest absolute Gasteiger partial charge is 0.480 e. The maximum atomic E-state index is 12.0. The molecule has 0 aliphatic carbocycles. The molecular weight excluding hydrogens is 246 g/mol. The van der Waals surface area contributed by atoms with E-state index < -0.39 is 17.9 Å². The minimum absolute atomic E-state index is 0.360. The molecule has 1 amide bonds. The first-order valence-corrected chi connectivity index (χ1v) is 6.06. The molecule has 2 rings (SSSR count). The van der Waals surface area contributed by atoms with Crippen molar-refractivity contribution in [3.05, 3.63) is 35.6 Å². The molecule has 0 aliphatic heterocycles. The topological polar surface area (TPSA) is 79.5 Å². The lowest BCUT2D eigenvalue weighted by Crippen LogP contribution is -2.38. The molecule has 0 bridgehead atoms. The zero-order chi connectivity index (χ0) is 14.0. The normalized spacial score (nSPS) is 12.3. The van der Waals surface area contributed by atoms with E-state index in [-0.39, 0.29) is 0 Å². The Bertz CT molecular complexity index is 629. The van der Waals surface area contributed by atoms with E-state index in [1.165, 1.54) is 13.2 Å². The molecule has 1 atom stereocenters. The number of amides is 1. The number of rotatable bonds is 4. The second-order valence-corrected chi connectivity index (χ2v) is 4.37. The lowest BCUT2D eigenvalue weighted by Gasteiger charge is -2.08. The summed E-state index contributed by atoms with van der Waals surface area (Å²) in [6.45, 7) is 3.44. The number of hydrogen-bond acceptors (Lipinski definition) is 3. The van der Waals surface area contributed by atoms with Crippen molar-refractivity contribution in [3.63, 3.8) is 0 Å². The maximum absolute atomic E-state index is 12.0. The molecule has 0 aliphatic rings. The Labute approximate surface area is 110 Å². The summed E-state index contributed by atoms with van der Waals surface area (Å²) in [6.07, 6.45) is 2.21. The van der Waals surface area contributed by atoms with E-state index in [2.05, 4.69) is 5.32 Å². The molecule has 0 saturated heterocycles. The van der Waals surface area contributed by atoms with Crippen LogP contribution < -0.4 is 5.32 Å². The third-order valence-electron chi connectivity index (χ3n) is 3.01. The summed E-state index contributed by atoms with van der Waals surface area (Å²) in [7, 11) is 0. The van der Waals surface area contributed by atoms with Crippen molar-refractivity contribution in [2.24, 2.45) is 0 Å². The highest BCUT2D eigenvalue weighted by atomic mass is 16.4. The van der Waals surface area contributed by atoms with Crippen molar-refractivity contribution in [1.82, 2.24) is 5.32 Å². The zero-order valence-corrected chi connectivity index (χ0v) is 10.8. The summed E-state index contributed by atoms with van der Waals surface area (Å²) in [5.74, 6) is -1.52. The fourth-order valence-corrected chi connectivity index (χ4v) is 1.81. The molecule has 5 heteroatoms. The second-order valence-electron chi connectivity index (χ2n) is 4.37. The lowest BCUT2D eigenvalue weighted by molar-refractivity contribution is -0.138. The summed E-state index contributed by atoms with van der Waals surface area (Å²) in [6, 6.07) is 4.70. The quantitative estimate of drug-likeness (QED) is 0.884. The van der Waals surface area contributed by atoms with E-state index in [1.807, 2.05) is 25.1 Å². The summed E-state index contributed by atoms with van der Waals surface area (Å²) in [4.78, 5) is 22.7. The number of aryl methyl sites for hydroxylation is 1. The molecule has 2 aromatic rings. The third kappa shape index (κ3) is 2.59. The monoisotopic (exact) mass is 261 g/mol. The first kappa shape index (κ1) is 13.1. The van der Waals surface area contributed by atoms with Gasteiger partial charge in [-0.15, -0.1) is 0 Å². The van der Waals surface area contributed by atoms with Crippen LogP contribution in [0.3, 0.4) is 0 Å². The van der Waals surface area contributed by atoms with E-state index >= 15 is 0 Å². The van der Waals surface area contributed by atoms with Gasteiger partial charge in [-0.3, -0.25) is 9.59 Å². The third-order valence-corrected chi connectivity index (χ3v) is 3.01. The van der Waals surface area contributed by atoms with Crippen molar-refractivity contribution in [1.29, 1.82) is 0 Å². The number of furan rings is 1. The average molecular weight is 261 g/mol. The smallest absolute Gasteiger partial charge is 0.325 e. The Hall–Kier alpha value is -2.30. The van der Waals surface area contributed by atoms with Crippen LogP contribution in [0.25, 0.3) is 11.0 Å². The van der Waals surface area contributed by atoms with Gasteiger partial charge in [0.05, 0.1) is 5.56 Å². The predicted molar refractivity (Wildman–Crippen MR) is 70.2 cm³/mol. The van der Waals surface area contributed by atoms with E-state index in [0.29, 0.717) is 16.5 Å². The van der Waals surface area contributed by atoms with Gasteiger partial charge in [0.1, 0.15) is 17.9 Å². The van der Waals surface area contributed by atoms with Gasteiger partial charge in [0, 0.05) is 5.39 Å². The van der Waals surface area contributed by atoms with E-state index in [1.54, 1.807) is 0 Å². The van der Waals surface area contributed by atoms with Crippen molar-refractivity contribution < 1.29 is 19.1 Å². The highest BCUT2D eigenvalue weighted by molar-refractivity contribution is 6.07. The van der Waals surface area contributed by atoms with Gasteiger partial charge in [0.15, 0.2) is 0 Å². The van der Waals surface area contributed by atoms with Crippen LogP contribution in [0.4, 0.5) is 0 Å². The zero-order valence-electron chi connectivity index (χ0n) is 10.8. The number of carboxylic acid groups (broad SMARTS) is 1. The van der Waals surface area contributed by atoms with Gasteiger partial charge in [-0.1, -0.05) is 13.0 Å². The number of nitrogens with one attached hydrogen (secondary N) is 1. The first-order valence-electron chi connectivity index (χ1n) is 6.06. The van der Waals surface area contributed by atoms with Crippen LogP contribution in [0.5, 0.6) is 0 Å². The Morgan fingerprint density at radius 1 is 1.42 bits per heavy atom. The standard InChI is InChI=1S/C14H15NO4/c1-3-9-4-5-12-10(6-9)11(7-19-12)13(16)15-8(2)14(17)18/h4-8H,3H2,1-2H3,(H,15,16)(H,17,18)/t8-/m1/s1. The van der Waals surface area contributed by atoms with Crippen molar-refractivity contribution >= 4 is 22.8 Å². The molecule has 100 valence electrons. The molecule has 0 spiro atoms. The van der Waals surface area contributed by atoms with Crippen molar-refractivity contribution in [2.45, 2.75) is 26.3 Å². The Morgan fingerprint density at radius 3 is 2.79 bits per heavy atom. The summed E-state index contributed by atoms with van der Waals surface area (Å²) in [5.41, 5.74) is 2.07. The van der Waals surface area contributed by atoms with Gasteiger partial charge in [-0.25, -0.2) is 0 Å². The average Bonchev–Trinajstić information content (AvgIpc) is 2.81. The van der Waals surface area contributed by atoms with E-state index in [0.717, 1.165) is 12.0 Å². The van der Waals surface area contributed by atoms with Crippen molar-refractivity contribution in [2.75, 3.05) is 0 Å². The van der Waals surface area contributed by atoms with Crippen LogP contribution in [0.15, 0.2) is 28.9 Å². The van der Waals surface area contributed by atoms with Gasteiger partial charge in [0.2, 0.25) is 0 Å². The number of carbonyl (C=O) groups excluding carboxylic acids is 1. The number of carboxylic acids is 1. The maximum Gasteiger partial charge on any atom is 0.325 e. The predicted octanol–water partition coefficient (Wildman–Crippen LogP) is 2.20. The number of fused-ring (bicyclic) bond motifs is 1. The molecule has 0 fully saturated rings. The molecule has 1 heterocycles. The minimum atomic E-state index is -1.07. The van der Waals surface area contributed by atoms with Crippen molar-refractivity contribution in [3.8, 4) is 0 Å². The number of benzene rings is 1. The highest BCUT2D eigenvalue weighted by Crippen LogP contribution is 2.22. The number of hydrogen-bond donors (Lipinski definition) is 2. The molecule has 1 aromatic carbocycles. The molecule has 0 unspecified atom stereocenters. The Balaban J connectivity index is 2.34. The molecular formula is C14H15NO4. The molecule has 0 radical (unpaired) electrons. The molecule has 1 aromatic heterocycles. The summed E-state index contributed by atoms with van der Waals surface area (Å²) < 4.78 is 5.30. The molecule has 19 heavy (non-hydrogen) atoms. The second kappa shape index (κ2) is 5.14. The Morgan fingerprint density at radius 2 is 2.16 bits per heavy atom. The van der Waals surface area contributed by atoms with Gasteiger partial charge in [-0.2, -0.15) is 0 Å². The van der Waals surface area contributed by atoms with Crippen LogP contribution in [0, 0.1) is 0 Å². The highest BCUT2D eigenvalue weighted by Gasteiger charge is 2.19.